The number of benzene rings is 2. The number of carboxylic acids is 1. The van der Waals surface area contributed by atoms with Crippen LogP contribution in [0.1, 0.15) is 35.9 Å². The molecule has 3 aromatic rings. The maximum atomic E-state index is 11.9. The second-order valence-electron chi connectivity index (χ2n) is 6.78. The normalized spacial score (nSPS) is 19.1. The number of aromatic nitrogens is 1. The third-order valence-corrected chi connectivity index (χ3v) is 6.23. The van der Waals surface area contributed by atoms with Gasteiger partial charge in [-0.25, -0.2) is 4.98 Å². The Balaban J connectivity index is 1.81. The Bertz CT molecular complexity index is 905. The number of fused-ring (bicyclic) bond motifs is 1. The largest absolute Gasteiger partial charge is 0.497 e. The van der Waals surface area contributed by atoms with Gasteiger partial charge in [0.2, 0.25) is 0 Å². The van der Waals surface area contributed by atoms with Crippen LogP contribution in [0.3, 0.4) is 0 Å². The summed E-state index contributed by atoms with van der Waals surface area (Å²) in [6, 6.07) is 15.3. The second kappa shape index (κ2) is 7.66. The molecule has 0 amide bonds. The van der Waals surface area contributed by atoms with Crippen LogP contribution in [0.15, 0.2) is 48.5 Å². The van der Waals surface area contributed by atoms with E-state index in [0.717, 1.165) is 45.9 Å². The average Bonchev–Trinajstić information content (AvgIpc) is 3.12. The molecule has 2 unspecified atom stereocenters. The van der Waals surface area contributed by atoms with E-state index in [1.54, 1.807) is 18.4 Å². The number of aliphatic carboxylic acids is 1. The van der Waals surface area contributed by atoms with E-state index in [0.29, 0.717) is 6.42 Å². The van der Waals surface area contributed by atoms with Crippen molar-refractivity contribution in [3.05, 3.63) is 59.1 Å². The number of likely N-dealkylation sites (tertiary alicyclic amines) is 1. The highest BCUT2D eigenvalue weighted by Gasteiger charge is 2.36. The summed E-state index contributed by atoms with van der Waals surface area (Å²) in [5, 5.41) is 10.7. The quantitative estimate of drug-likeness (QED) is 0.711. The topological polar surface area (TPSA) is 62.7 Å². The standard InChI is InChI=1S/C21H22N2O3S/c1-26-15-11-9-14(10-12-15)19(23-13-5-4-7-17(23)21(24)25)20-22-16-6-2-3-8-18(16)27-20/h2-3,6,8-12,17,19H,4-5,7,13H2,1H3,(H,24,25). The lowest BCUT2D eigenvalue weighted by Crippen LogP contribution is -2.46. The lowest BCUT2D eigenvalue weighted by Gasteiger charge is -2.38. The third kappa shape index (κ3) is 3.55. The molecule has 2 heterocycles. The van der Waals surface area contributed by atoms with Gasteiger partial charge in [0.05, 0.1) is 23.4 Å². The van der Waals surface area contributed by atoms with Gasteiger partial charge < -0.3 is 9.84 Å². The molecule has 0 saturated carbocycles. The first-order valence-electron chi connectivity index (χ1n) is 9.15. The molecule has 6 heteroatoms. The summed E-state index contributed by atoms with van der Waals surface area (Å²) in [5.41, 5.74) is 2.00. The van der Waals surface area contributed by atoms with E-state index in [1.807, 2.05) is 42.5 Å². The highest BCUT2D eigenvalue weighted by atomic mass is 32.1. The molecule has 0 bridgehead atoms. The van der Waals surface area contributed by atoms with E-state index in [4.69, 9.17) is 9.72 Å². The molecular formula is C21H22N2O3S. The van der Waals surface area contributed by atoms with E-state index in [2.05, 4.69) is 11.0 Å². The summed E-state index contributed by atoms with van der Waals surface area (Å²) in [4.78, 5) is 18.9. The molecule has 5 nitrogen and oxygen atoms in total. The van der Waals surface area contributed by atoms with Crippen LogP contribution in [0, 0.1) is 0 Å². The number of ether oxygens (including phenoxy) is 1. The zero-order valence-corrected chi connectivity index (χ0v) is 16.0. The predicted molar refractivity (Wildman–Crippen MR) is 106 cm³/mol. The maximum absolute atomic E-state index is 11.9. The molecule has 1 saturated heterocycles. The lowest BCUT2D eigenvalue weighted by molar-refractivity contribution is -0.145. The highest BCUT2D eigenvalue weighted by Crippen LogP contribution is 2.38. The van der Waals surface area contributed by atoms with Crippen molar-refractivity contribution in [2.24, 2.45) is 0 Å². The van der Waals surface area contributed by atoms with Gasteiger partial charge in [0.1, 0.15) is 16.8 Å². The Morgan fingerprint density at radius 2 is 2.00 bits per heavy atom. The van der Waals surface area contributed by atoms with Crippen molar-refractivity contribution in [3.8, 4) is 5.75 Å². The monoisotopic (exact) mass is 382 g/mol. The summed E-state index contributed by atoms with van der Waals surface area (Å²) in [7, 11) is 1.64. The number of nitrogens with zero attached hydrogens (tertiary/aromatic N) is 2. The van der Waals surface area contributed by atoms with Gasteiger partial charge in [-0.2, -0.15) is 0 Å². The summed E-state index contributed by atoms with van der Waals surface area (Å²) in [5.74, 6) is 0.0320. The van der Waals surface area contributed by atoms with Gasteiger partial charge in [0.25, 0.3) is 0 Å². The van der Waals surface area contributed by atoms with Crippen molar-refractivity contribution in [1.82, 2.24) is 9.88 Å². The fourth-order valence-electron chi connectivity index (χ4n) is 3.80. The van der Waals surface area contributed by atoms with Gasteiger partial charge in [-0.05, 0) is 42.7 Å². The molecule has 2 aromatic carbocycles. The van der Waals surface area contributed by atoms with Gasteiger partial charge in [0.15, 0.2) is 0 Å². The van der Waals surface area contributed by atoms with Crippen molar-refractivity contribution >= 4 is 27.5 Å². The van der Waals surface area contributed by atoms with Gasteiger partial charge in [-0.3, -0.25) is 9.69 Å². The van der Waals surface area contributed by atoms with Crippen LogP contribution in [0.2, 0.25) is 0 Å². The minimum absolute atomic E-state index is 0.172. The first-order chi connectivity index (χ1) is 13.2. The molecule has 140 valence electrons. The first-order valence-corrected chi connectivity index (χ1v) is 9.97. The fourth-order valence-corrected chi connectivity index (χ4v) is 4.91. The van der Waals surface area contributed by atoms with Crippen molar-refractivity contribution in [2.45, 2.75) is 31.3 Å². The number of carbonyl (C=O) groups is 1. The number of para-hydroxylation sites is 1. The molecular weight excluding hydrogens is 360 g/mol. The van der Waals surface area contributed by atoms with Crippen molar-refractivity contribution in [2.75, 3.05) is 13.7 Å². The van der Waals surface area contributed by atoms with Crippen molar-refractivity contribution in [1.29, 1.82) is 0 Å². The maximum Gasteiger partial charge on any atom is 0.320 e. The van der Waals surface area contributed by atoms with Crippen LogP contribution in [-0.2, 0) is 4.79 Å². The Morgan fingerprint density at radius 3 is 2.70 bits per heavy atom. The second-order valence-corrected chi connectivity index (χ2v) is 7.85. The molecule has 1 N–H and O–H groups in total. The summed E-state index contributed by atoms with van der Waals surface area (Å²) in [6.45, 7) is 0.754. The van der Waals surface area contributed by atoms with E-state index >= 15 is 0 Å². The number of rotatable bonds is 5. The molecule has 1 aliphatic rings. The zero-order chi connectivity index (χ0) is 18.8. The molecule has 27 heavy (non-hydrogen) atoms. The molecule has 1 fully saturated rings. The third-order valence-electron chi connectivity index (χ3n) is 5.14. The number of methoxy groups -OCH3 is 1. The molecule has 0 spiro atoms. The number of carboxylic acid groups (broad SMARTS) is 1. The molecule has 4 rings (SSSR count). The minimum Gasteiger partial charge on any atom is -0.497 e. The van der Waals surface area contributed by atoms with Gasteiger partial charge in [-0.1, -0.05) is 30.7 Å². The molecule has 0 aliphatic carbocycles. The SMILES string of the molecule is COc1ccc(C(c2nc3ccccc3s2)N2CCCCC2C(=O)O)cc1. The summed E-state index contributed by atoms with van der Waals surface area (Å²) >= 11 is 1.64. The minimum atomic E-state index is -0.755. The van der Waals surface area contributed by atoms with Crippen LogP contribution < -0.4 is 4.74 Å². The number of hydrogen-bond acceptors (Lipinski definition) is 5. The average molecular weight is 382 g/mol. The van der Waals surface area contributed by atoms with Gasteiger partial charge in [-0.15, -0.1) is 11.3 Å². The Morgan fingerprint density at radius 1 is 1.22 bits per heavy atom. The number of thiazole rings is 1. The first kappa shape index (κ1) is 17.9. The van der Waals surface area contributed by atoms with Crippen molar-refractivity contribution in [3.63, 3.8) is 0 Å². The summed E-state index contributed by atoms with van der Waals surface area (Å²) < 4.78 is 6.41. The lowest BCUT2D eigenvalue weighted by atomic mass is 9.96. The zero-order valence-electron chi connectivity index (χ0n) is 15.2. The molecule has 0 radical (unpaired) electrons. The highest BCUT2D eigenvalue weighted by molar-refractivity contribution is 7.18. The number of hydrogen-bond donors (Lipinski definition) is 1. The molecule has 1 aliphatic heterocycles. The van der Waals surface area contributed by atoms with Crippen molar-refractivity contribution < 1.29 is 14.6 Å². The smallest absolute Gasteiger partial charge is 0.320 e. The fraction of sp³-hybridized carbons (Fsp3) is 0.333. The van der Waals surface area contributed by atoms with E-state index in [1.165, 1.54) is 0 Å². The molecule has 2 atom stereocenters. The van der Waals surface area contributed by atoms with Crippen LogP contribution in [0.5, 0.6) is 5.75 Å². The van der Waals surface area contributed by atoms with Crippen LogP contribution in [0.25, 0.3) is 10.2 Å². The Labute approximate surface area is 162 Å². The predicted octanol–water partition coefficient (Wildman–Crippen LogP) is 4.33. The van der Waals surface area contributed by atoms with Gasteiger partial charge in [0, 0.05) is 6.54 Å². The Kier molecular flexibility index (Phi) is 5.09. The Hall–Kier alpha value is -2.44. The van der Waals surface area contributed by atoms with E-state index < -0.39 is 12.0 Å². The number of piperidine rings is 1. The van der Waals surface area contributed by atoms with Crippen LogP contribution in [0.4, 0.5) is 0 Å². The van der Waals surface area contributed by atoms with Crippen LogP contribution >= 0.6 is 11.3 Å². The van der Waals surface area contributed by atoms with Gasteiger partial charge >= 0.3 is 5.97 Å². The van der Waals surface area contributed by atoms with E-state index in [9.17, 15) is 9.90 Å². The van der Waals surface area contributed by atoms with E-state index in [-0.39, 0.29) is 6.04 Å². The molecule has 1 aromatic heterocycles. The van der Waals surface area contributed by atoms with Crippen LogP contribution in [-0.4, -0.2) is 40.7 Å². The summed E-state index contributed by atoms with van der Waals surface area (Å²) in [6.07, 6.45) is 2.62.